The normalized spacial score (nSPS) is 15.4. The van der Waals surface area contributed by atoms with E-state index in [-0.39, 0.29) is 28.5 Å². The third kappa shape index (κ3) is 7.29. The van der Waals surface area contributed by atoms with E-state index in [0.717, 1.165) is 37.6 Å². The first-order valence-electron chi connectivity index (χ1n) is 12.6. The van der Waals surface area contributed by atoms with Crippen LogP contribution in [0, 0.1) is 5.82 Å². The number of nitrogens with two attached hydrogens (primary N) is 1. The van der Waals surface area contributed by atoms with E-state index in [1.807, 2.05) is 4.90 Å². The van der Waals surface area contributed by atoms with Crippen LogP contribution in [0.5, 0.6) is 0 Å². The molecule has 0 radical (unpaired) electrons. The lowest BCUT2D eigenvalue weighted by molar-refractivity contribution is -0.137. The van der Waals surface area contributed by atoms with Gasteiger partial charge in [0.05, 0.1) is 10.9 Å². The van der Waals surface area contributed by atoms with Crippen molar-refractivity contribution in [3.8, 4) is 11.3 Å². The largest absolute Gasteiger partial charge is 0.416 e. The molecule has 0 amide bonds. The summed E-state index contributed by atoms with van der Waals surface area (Å²) in [6.45, 7) is 7.51. The van der Waals surface area contributed by atoms with Gasteiger partial charge in [-0.3, -0.25) is 4.90 Å². The van der Waals surface area contributed by atoms with Crippen molar-refractivity contribution in [1.82, 2.24) is 29.5 Å². The Hall–Kier alpha value is -3.68. The molecular formula is C26H28F7N7. The molecule has 0 bridgehead atoms. The Morgan fingerprint density at radius 2 is 1.65 bits per heavy atom. The average molecular weight is 572 g/mol. The average Bonchev–Trinajstić information content (AvgIpc) is 3.26. The van der Waals surface area contributed by atoms with Gasteiger partial charge >= 0.3 is 12.4 Å². The van der Waals surface area contributed by atoms with E-state index in [1.54, 1.807) is 4.68 Å². The van der Waals surface area contributed by atoms with Crippen LogP contribution in [0.1, 0.15) is 24.8 Å². The minimum absolute atomic E-state index is 0.0276. The molecule has 3 aromatic rings. The Morgan fingerprint density at radius 3 is 2.33 bits per heavy atom. The smallest absolute Gasteiger partial charge is 0.383 e. The lowest BCUT2D eigenvalue weighted by Crippen LogP contribution is -2.45. The van der Waals surface area contributed by atoms with E-state index in [0.29, 0.717) is 56.6 Å². The third-order valence-electron chi connectivity index (χ3n) is 6.64. The van der Waals surface area contributed by atoms with Crippen molar-refractivity contribution in [2.24, 2.45) is 0 Å². The summed E-state index contributed by atoms with van der Waals surface area (Å²) in [4.78, 5) is 12.2. The number of allylic oxidation sites excluding steroid dienone is 2. The number of piperazine rings is 1. The fourth-order valence-corrected chi connectivity index (χ4v) is 4.61. The zero-order valence-electron chi connectivity index (χ0n) is 21.4. The van der Waals surface area contributed by atoms with Gasteiger partial charge in [0.25, 0.3) is 0 Å². The molecule has 14 heteroatoms. The number of anilines is 1. The summed E-state index contributed by atoms with van der Waals surface area (Å²) in [5, 5.41) is 4.68. The molecule has 2 aromatic heterocycles. The topological polar surface area (TPSA) is 76.1 Å². The minimum Gasteiger partial charge on any atom is -0.383 e. The first-order chi connectivity index (χ1) is 18.8. The van der Waals surface area contributed by atoms with Gasteiger partial charge in [-0.2, -0.15) is 31.4 Å². The standard InChI is InChI=1S/C26H28F7N7/c1-17(5-6-25(28,29)30)39-11-9-38(10-12-39)7-3-2-4-8-40-24-21(23(34)35-16-36-24)22(37-40)18-13-19(26(31,32)33)15-20(27)14-18/h5-6,13-16H,1-4,7-12H2,(H2,34,35,36)/b6-5+. The van der Waals surface area contributed by atoms with E-state index >= 15 is 0 Å². The highest BCUT2D eigenvalue weighted by Crippen LogP contribution is 2.36. The molecule has 1 fully saturated rings. The Bertz CT molecular complexity index is 1370. The predicted molar refractivity (Wildman–Crippen MR) is 136 cm³/mol. The number of aromatic nitrogens is 4. The highest BCUT2D eigenvalue weighted by Gasteiger charge is 2.32. The number of hydrogen-bond donors (Lipinski definition) is 1. The summed E-state index contributed by atoms with van der Waals surface area (Å²) in [6.07, 6.45) is -4.33. The van der Waals surface area contributed by atoms with Crippen LogP contribution in [0.15, 0.2) is 49.0 Å². The molecule has 1 aromatic carbocycles. The number of benzene rings is 1. The Morgan fingerprint density at radius 1 is 0.950 bits per heavy atom. The van der Waals surface area contributed by atoms with Crippen LogP contribution < -0.4 is 5.73 Å². The van der Waals surface area contributed by atoms with Gasteiger partial charge < -0.3 is 10.6 Å². The number of rotatable bonds is 9. The van der Waals surface area contributed by atoms with Crippen LogP contribution in [-0.4, -0.2) is 68.4 Å². The van der Waals surface area contributed by atoms with E-state index in [4.69, 9.17) is 5.73 Å². The number of alkyl halides is 6. The fraction of sp³-hybridized carbons (Fsp3) is 0.423. The molecule has 0 aliphatic carbocycles. The maximum absolute atomic E-state index is 14.1. The molecule has 0 saturated carbocycles. The summed E-state index contributed by atoms with van der Waals surface area (Å²) in [5.74, 6) is -1.02. The second-order valence-electron chi connectivity index (χ2n) is 9.51. The summed E-state index contributed by atoms with van der Waals surface area (Å²) in [7, 11) is 0. The van der Waals surface area contributed by atoms with Crippen LogP contribution in [0.4, 0.5) is 36.6 Å². The first-order valence-corrected chi connectivity index (χ1v) is 12.6. The molecule has 40 heavy (non-hydrogen) atoms. The zero-order valence-corrected chi connectivity index (χ0v) is 21.4. The number of halogens is 7. The second kappa shape index (κ2) is 11.8. The number of unbranched alkanes of at least 4 members (excludes halogenated alkanes) is 2. The maximum Gasteiger partial charge on any atom is 0.416 e. The fourth-order valence-electron chi connectivity index (χ4n) is 4.61. The molecule has 1 aliphatic rings. The Balaban J connectivity index is 1.34. The molecule has 1 saturated heterocycles. The molecule has 2 N–H and O–H groups in total. The molecule has 0 unspecified atom stereocenters. The van der Waals surface area contributed by atoms with Crippen molar-refractivity contribution in [1.29, 1.82) is 0 Å². The Kier molecular flexibility index (Phi) is 8.66. The van der Waals surface area contributed by atoms with Crippen molar-refractivity contribution in [2.45, 2.75) is 38.2 Å². The molecule has 0 spiro atoms. The summed E-state index contributed by atoms with van der Waals surface area (Å²) < 4.78 is 92.6. The van der Waals surface area contributed by atoms with Gasteiger partial charge in [-0.25, -0.2) is 19.0 Å². The lowest BCUT2D eigenvalue weighted by atomic mass is 10.1. The van der Waals surface area contributed by atoms with Crippen molar-refractivity contribution < 1.29 is 30.7 Å². The summed E-state index contributed by atoms with van der Waals surface area (Å²) in [5.41, 5.74) is 5.54. The van der Waals surface area contributed by atoms with Crippen LogP contribution in [0.3, 0.4) is 0 Å². The maximum atomic E-state index is 14.1. The van der Waals surface area contributed by atoms with Gasteiger partial charge in [-0.1, -0.05) is 13.0 Å². The van der Waals surface area contributed by atoms with Crippen LogP contribution >= 0.6 is 0 Å². The van der Waals surface area contributed by atoms with Gasteiger partial charge in [-0.05, 0) is 43.7 Å². The van der Waals surface area contributed by atoms with E-state index in [9.17, 15) is 30.7 Å². The lowest BCUT2D eigenvalue weighted by Gasteiger charge is -2.36. The number of hydrogen-bond acceptors (Lipinski definition) is 6. The Labute approximate surface area is 225 Å². The van der Waals surface area contributed by atoms with Gasteiger partial charge in [0.1, 0.15) is 23.7 Å². The van der Waals surface area contributed by atoms with Gasteiger partial charge in [0.2, 0.25) is 0 Å². The molecular weight excluding hydrogens is 543 g/mol. The number of fused-ring (bicyclic) bond motifs is 1. The second-order valence-corrected chi connectivity index (χ2v) is 9.51. The molecule has 1 aliphatic heterocycles. The monoisotopic (exact) mass is 571 g/mol. The third-order valence-corrected chi connectivity index (χ3v) is 6.64. The highest BCUT2D eigenvalue weighted by atomic mass is 19.4. The van der Waals surface area contributed by atoms with E-state index in [2.05, 4.69) is 26.5 Å². The van der Waals surface area contributed by atoms with Crippen LogP contribution in [0.25, 0.3) is 22.3 Å². The van der Waals surface area contributed by atoms with Crippen molar-refractivity contribution in [2.75, 3.05) is 38.5 Å². The minimum atomic E-state index is -4.73. The number of nitrogen functional groups attached to an aromatic ring is 1. The number of nitrogens with zero attached hydrogens (tertiary/aromatic N) is 6. The first kappa shape index (κ1) is 29.3. The summed E-state index contributed by atoms with van der Waals surface area (Å²) in [6, 6.07) is 2.21. The molecule has 0 atom stereocenters. The van der Waals surface area contributed by atoms with Gasteiger partial charge in [0, 0.05) is 50.1 Å². The quantitative estimate of drug-likeness (QED) is 0.203. The van der Waals surface area contributed by atoms with Crippen LogP contribution in [0.2, 0.25) is 0 Å². The molecule has 3 heterocycles. The van der Waals surface area contributed by atoms with E-state index in [1.165, 1.54) is 6.33 Å². The predicted octanol–water partition coefficient (Wildman–Crippen LogP) is 5.65. The summed E-state index contributed by atoms with van der Waals surface area (Å²) >= 11 is 0. The van der Waals surface area contributed by atoms with Gasteiger partial charge in [0.15, 0.2) is 5.65 Å². The molecule has 216 valence electrons. The molecule has 7 nitrogen and oxygen atoms in total. The SMILES string of the molecule is C=C(/C=C/C(F)(F)F)N1CCN(CCCCCn2nc(-c3cc(F)cc(C(F)(F)F)c3)c3c(N)ncnc32)CC1. The van der Waals surface area contributed by atoms with E-state index < -0.39 is 23.7 Å². The van der Waals surface area contributed by atoms with Crippen LogP contribution in [-0.2, 0) is 12.7 Å². The highest BCUT2D eigenvalue weighted by molar-refractivity contribution is 5.98. The van der Waals surface area contributed by atoms with Gasteiger partial charge in [-0.15, -0.1) is 0 Å². The van der Waals surface area contributed by atoms with Crippen molar-refractivity contribution >= 4 is 16.9 Å². The van der Waals surface area contributed by atoms with Crippen molar-refractivity contribution in [3.63, 3.8) is 0 Å². The zero-order chi connectivity index (χ0) is 29.1. The van der Waals surface area contributed by atoms with Crippen molar-refractivity contribution in [3.05, 3.63) is 60.3 Å². The number of aryl methyl sites for hydroxylation is 1. The molecule has 4 rings (SSSR count).